The van der Waals surface area contributed by atoms with Gasteiger partial charge in [-0.15, -0.1) is 0 Å². The van der Waals surface area contributed by atoms with Gasteiger partial charge in [0.25, 0.3) is 0 Å². The number of rotatable bonds is 6. The van der Waals surface area contributed by atoms with Gasteiger partial charge in [0.1, 0.15) is 5.76 Å². The summed E-state index contributed by atoms with van der Waals surface area (Å²) in [6, 6.07) is 12.6. The summed E-state index contributed by atoms with van der Waals surface area (Å²) in [4.78, 5) is 16.4. The van der Waals surface area contributed by atoms with Gasteiger partial charge >= 0.3 is 0 Å². The first-order valence-corrected chi connectivity index (χ1v) is 9.06. The number of aliphatic hydroxyl groups excluding tert-OH is 1. The predicted octanol–water partition coefficient (Wildman–Crippen LogP) is 3.36. The fourth-order valence-corrected chi connectivity index (χ4v) is 3.08. The minimum atomic E-state index is -0.259. The lowest BCUT2D eigenvalue weighted by Crippen LogP contribution is -2.22. The molecule has 0 aliphatic heterocycles. The molecule has 6 nitrogen and oxygen atoms in total. The Balaban J connectivity index is 1.57. The molecule has 0 saturated carbocycles. The van der Waals surface area contributed by atoms with Gasteiger partial charge in [0.05, 0.1) is 19.8 Å². The van der Waals surface area contributed by atoms with Crippen LogP contribution in [0.25, 0.3) is 5.76 Å². The van der Waals surface area contributed by atoms with Crippen LogP contribution in [-0.2, 0) is 6.42 Å². The van der Waals surface area contributed by atoms with E-state index in [1.165, 1.54) is 6.21 Å². The predicted molar refractivity (Wildman–Crippen MR) is 113 cm³/mol. The molecular weight excluding hydrogens is 376 g/mol. The highest BCUT2D eigenvalue weighted by atomic mass is 32.1. The third-order valence-corrected chi connectivity index (χ3v) is 4.63. The van der Waals surface area contributed by atoms with Crippen LogP contribution in [0, 0.1) is 0 Å². The zero-order chi connectivity index (χ0) is 20.1. The fourth-order valence-electron chi connectivity index (χ4n) is 2.92. The first-order valence-electron chi connectivity index (χ1n) is 8.65. The number of carbonyl (C=O) groups excluding carboxylic acids is 1. The Morgan fingerprint density at radius 1 is 1.14 bits per heavy atom. The highest BCUT2D eigenvalue weighted by Gasteiger charge is 2.27. The van der Waals surface area contributed by atoms with E-state index in [0.717, 1.165) is 5.56 Å². The second-order valence-corrected chi connectivity index (χ2v) is 6.45. The van der Waals surface area contributed by atoms with Gasteiger partial charge in [0, 0.05) is 23.9 Å². The molecular formula is C21H20N2O4S. The zero-order valence-electron chi connectivity index (χ0n) is 15.6. The number of Topliss-reactive ketones (excluding diaryl/α,β-unsaturated/α-hetero) is 1. The van der Waals surface area contributed by atoms with Gasteiger partial charge in [0.2, 0.25) is 0 Å². The van der Waals surface area contributed by atoms with Crippen molar-refractivity contribution < 1.29 is 19.4 Å². The molecule has 3 rings (SSSR count). The lowest BCUT2D eigenvalue weighted by molar-refractivity contribution is 0.104. The highest BCUT2D eigenvalue weighted by molar-refractivity contribution is 7.80. The summed E-state index contributed by atoms with van der Waals surface area (Å²) in [6.45, 7) is 0.560. The van der Waals surface area contributed by atoms with Gasteiger partial charge in [0.15, 0.2) is 22.4 Å². The van der Waals surface area contributed by atoms with E-state index in [4.69, 9.17) is 21.7 Å². The maximum absolute atomic E-state index is 12.3. The molecule has 7 heteroatoms. The van der Waals surface area contributed by atoms with Gasteiger partial charge in [-0.2, -0.15) is 0 Å². The zero-order valence-corrected chi connectivity index (χ0v) is 16.4. The maximum Gasteiger partial charge on any atom is 0.199 e. The summed E-state index contributed by atoms with van der Waals surface area (Å²) >= 11 is 5.19. The van der Waals surface area contributed by atoms with Crippen LogP contribution in [0.15, 0.2) is 53.0 Å². The minimum Gasteiger partial charge on any atom is -0.506 e. The average molecular weight is 396 g/mol. The van der Waals surface area contributed by atoms with E-state index in [2.05, 4.69) is 10.3 Å². The van der Waals surface area contributed by atoms with E-state index in [9.17, 15) is 9.90 Å². The molecule has 0 amide bonds. The van der Waals surface area contributed by atoms with Crippen molar-refractivity contribution >= 4 is 35.1 Å². The summed E-state index contributed by atoms with van der Waals surface area (Å²) < 4.78 is 10.5. The van der Waals surface area contributed by atoms with Crippen LogP contribution in [-0.4, -0.2) is 43.0 Å². The van der Waals surface area contributed by atoms with E-state index < -0.39 is 0 Å². The summed E-state index contributed by atoms with van der Waals surface area (Å²) in [5.41, 5.74) is 2.18. The van der Waals surface area contributed by atoms with Crippen molar-refractivity contribution in [2.45, 2.75) is 6.42 Å². The van der Waals surface area contributed by atoms with Crippen molar-refractivity contribution in [3.63, 3.8) is 0 Å². The Bertz CT molecular complexity index is 982. The topological polar surface area (TPSA) is 80.1 Å². The second kappa shape index (κ2) is 8.67. The summed E-state index contributed by atoms with van der Waals surface area (Å²) in [6.07, 6.45) is 2.01. The van der Waals surface area contributed by atoms with Crippen LogP contribution in [0.5, 0.6) is 11.5 Å². The minimum absolute atomic E-state index is 0.0718. The smallest absolute Gasteiger partial charge is 0.199 e. The van der Waals surface area contributed by atoms with Crippen LogP contribution in [0.4, 0.5) is 0 Å². The molecule has 2 N–H and O–H groups in total. The Kier molecular flexibility index (Phi) is 6.06. The lowest BCUT2D eigenvalue weighted by Gasteiger charge is -2.10. The molecule has 0 atom stereocenters. The van der Waals surface area contributed by atoms with Gasteiger partial charge in [-0.3, -0.25) is 4.79 Å². The molecule has 0 aromatic heterocycles. The van der Waals surface area contributed by atoms with E-state index >= 15 is 0 Å². The number of ether oxygens (including phenoxy) is 2. The lowest BCUT2D eigenvalue weighted by atomic mass is 10.1. The Hall–Kier alpha value is -3.19. The summed E-state index contributed by atoms with van der Waals surface area (Å²) in [7, 11) is 3.19. The molecule has 2 aromatic carbocycles. The molecule has 1 aliphatic rings. The third kappa shape index (κ3) is 4.04. The summed E-state index contributed by atoms with van der Waals surface area (Å²) in [5.74, 6) is 1.01. The number of methoxy groups -OCH3 is 2. The first kappa shape index (κ1) is 19.6. The van der Waals surface area contributed by atoms with Crippen molar-refractivity contribution in [1.29, 1.82) is 0 Å². The number of fused-ring (bicyclic) bond motifs is 1. The molecule has 0 saturated heterocycles. The molecule has 0 heterocycles. The van der Waals surface area contributed by atoms with E-state index in [0.29, 0.717) is 35.6 Å². The highest BCUT2D eigenvalue weighted by Crippen LogP contribution is 2.30. The van der Waals surface area contributed by atoms with Crippen LogP contribution in [0.3, 0.4) is 0 Å². The Morgan fingerprint density at radius 3 is 2.54 bits per heavy atom. The molecule has 0 unspecified atom stereocenters. The average Bonchev–Trinajstić information content (AvgIpc) is 2.96. The van der Waals surface area contributed by atoms with Crippen molar-refractivity contribution in [3.05, 3.63) is 64.7 Å². The number of hydrogen-bond donors (Lipinski definition) is 2. The van der Waals surface area contributed by atoms with Crippen LogP contribution in [0.1, 0.15) is 21.5 Å². The number of nitrogens with one attached hydrogen (secondary N) is 1. The normalized spacial score (nSPS) is 13.0. The molecule has 0 spiro atoms. The number of aliphatic hydroxyl groups is 1. The van der Waals surface area contributed by atoms with Crippen LogP contribution in [0.2, 0.25) is 0 Å². The number of allylic oxidation sites excluding steroid dienone is 1. The number of thiocarbonyl (C=S) groups is 1. The number of aliphatic imine (C=N–C) groups is 1. The monoisotopic (exact) mass is 396 g/mol. The van der Waals surface area contributed by atoms with Gasteiger partial charge < -0.3 is 19.9 Å². The Morgan fingerprint density at radius 2 is 1.86 bits per heavy atom. The van der Waals surface area contributed by atoms with Gasteiger partial charge in [-0.25, -0.2) is 4.99 Å². The Labute approximate surface area is 168 Å². The van der Waals surface area contributed by atoms with Crippen LogP contribution < -0.4 is 14.8 Å². The van der Waals surface area contributed by atoms with Crippen LogP contribution >= 0.6 is 12.2 Å². The van der Waals surface area contributed by atoms with Crippen molar-refractivity contribution in [2.75, 3.05) is 20.8 Å². The largest absolute Gasteiger partial charge is 0.506 e. The van der Waals surface area contributed by atoms with E-state index in [1.54, 1.807) is 38.5 Å². The fraction of sp³-hybridized carbons (Fsp3) is 0.190. The van der Waals surface area contributed by atoms with Gasteiger partial charge in [-0.05, 0) is 36.3 Å². The molecule has 1 aliphatic carbocycles. The van der Waals surface area contributed by atoms with Crippen molar-refractivity contribution in [3.8, 4) is 11.5 Å². The number of benzene rings is 2. The summed E-state index contributed by atoms with van der Waals surface area (Å²) in [5, 5.41) is 13.5. The quantitative estimate of drug-likeness (QED) is 0.576. The van der Waals surface area contributed by atoms with Crippen molar-refractivity contribution in [2.24, 2.45) is 4.99 Å². The third-order valence-electron chi connectivity index (χ3n) is 4.38. The molecule has 28 heavy (non-hydrogen) atoms. The maximum atomic E-state index is 12.3. The molecule has 0 fully saturated rings. The molecule has 0 radical (unpaired) electrons. The standard InChI is InChI=1S/C21H20N2O4S/c1-26-17-8-7-13(11-18(17)27-2)9-10-22-21(28)23-12-16-19(24)14-5-3-4-6-15(14)20(16)25/h3-8,11-12,24H,9-10H2,1-2H3,(H,22,28)/b23-12+. The first-order chi connectivity index (χ1) is 13.5. The number of carbonyl (C=O) groups is 1. The number of nitrogens with zero attached hydrogens (tertiary/aromatic N) is 1. The SMILES string of the molecule is COc1ccc(CCNC(=S)/N=C/C2=C(O)c3ccccc3C2=O)cc1OC. The molecule has 2 aromatic rings. The number of ketones is 1. The van der Waals surface area contributed by atoms with Gasteiger partial charge in [-0.1, -0.05) is 30.3 Å². The van der Waals surface area contributed by atoms with E-state index in [1.807, 2.05) is 18.2 Å². The molecule has 0 bridgehead atoms. The van der Waals surface area contributed by atoms with Crippen molar-refractivity contribution in [1.82, 2.24) is 5.32 Å². The number of hydrogen-bond acceptors (Lipinski definition) is 5. The second-order valence-electron chi connectivity index (χ2n) is 6.07. The molecule has 144 valence electrons. The van der Waals surface area contributed by atoms with E-state index in [-0.39, 0.29) is 22.2 Å².